The van der Waals surface area contributed by atoms with Crippen LogP contribution in [-0.2, 0) is 16.1 Å². The first-order valence-electron chi connectivity index (χ1n) is 8.35. The van der Waals surface area contributed by atoms with Crippen LogP contribution in [0, 0.1) is 6.92 Å². The maximum Gasteiger partial charge on any atom is 0.303 e. The van der Waals surface area contributed by atoms with Gasteiger partial charge in [-0.3, -0.25) is 9.69 Å². The fraction of sp³-hybridized carbons (Fsp3) is 0.611. The Kier molecular flexibility index (Phi) is 7.53. The Labute approximate surface area is 147 Å². The van der Waals surface area contributed by atoms with E-state index in [1.807, 2.05) is 0 Å². The summed E-state index contributed by atoms with van der Waals surface area (Å²) >= 11 is 3.65. The molecule has 0 amide bonds. The van der Waals surface area contributed by atoms with Crippen LogP contribution in [-0.4, -0.2) is 41.8 Å². The predicted molar refractivity (Wildman–Crippen MR) is 94.6 cm³/mol. The van der Waals surface area contributed by atoms with Gasteiger partial charge in [-0.05, 0) is 56.3 Å². The maximum atomic E-state index is 10.7. The van der Waals surface area contributed by atoms with Crippen LogP contribution < -0.4 is 0 Å². The Morgan fingerprint density at radius 1 is 1.43 bits per heavy atom. The quantitative estimate of drug-likeness (QED) is 0.654. The summed E-state index contributed by atoms with van der Waals surface area (Å²) in [5.74, 6) is -0.711. The molecule has 23 heavy (non-hydrogen) atoms. The second kappa shape index (κ2) is 9.40. The molecule has 1 fully saturated rings. The maximum absolute atomic E-state index is 10.7. The average molecular weight is 384 g/mol. The lowest BCUT2D eigenvalue weighted by Gasteiger charge is -2.26. The molecule has 0 bridgehead atoms. The second-order valence-corrected chi connectivity index (χ2v) is 7.17. The number of benzene rings is 1. The molecule has 4 nitrogen and oxygen atoms in total. The van der Waals surface area contributed by atoms with Crippen molar-refractivity contribution in [1.29, 1.82) is 0 Å². The Morgan fingerprint density at radius 2 is 2.26 bits per heavy atom. The highest BCUT2D eigenvalue weighted by Crippen LogP contribution is 2.22. The van der Waals surface area contributed by atoms with Crippen molar-refractivity contribution in [2.45, 2.75) is 51.7 Å². The first kappa shape index (κ1) is 18.4. The Morgan fingerprint density at radius 3 is 2.91 bits per heavy atom. The van der Waals surface area contributed by atoms with Crippen LogP contribution in [0.3, 0.4) is 0 Å². The van der Waals surface area contributed by atoms with Crippen molar-refractivity contribution in [3.8, 4) is 0 Å². The van der Waals surface area contributed by atoms with Crippen LogP contribution in [0.25, 0.3) is 0 Å². The van der Waals surface area contributed by atoms with Crippen molar-refractivity contribution in [1.82, 2.24) is 4.90 Å². The standard InChI is InChI=1S/C18H26BrNO3/c1-14-7-8-15(17(19)11-14)12-20(9-3-2-6-18(21)22)13-16-5-4-10-23-16/h7-8,11,16H,2-6,9-10,12-13H2,1H3,(H,21,22). The minimum atomic E-state index is -0.711. The minimum absolute atomic E-state index is 0.252. The van der Waals surface area contributed by atoms with Crippen molar-refractivity contribution < 1.29 is 14.6 Å². The summed E-state index contributed by atoms with van der Waals surface area (Å²) in [7, 11) is 0. The summed E-state index contributed by atoms with van der Waals surface area (Å²) < 4.78 is 6.91. The molecule has 1 unspecified atom stereocenters. The first-order valence-corrected chi connectivity index (χ1v) is 9.14. The molecule has 5 heteroatoms. The molecule has 0 aliphatic carbocycles. The smallest absolute Gasteiger partial charge is 0.303 e. The molecule has 0 spiro atoms. The van der Waals surface area contributed by atoms with Crippen molar-refractivity contribution >= 4 is 21.9 Å². The summed E-state index contributed by atoms with van der Waals surface area (Å²) in [4.78, 5) is 13.0. The number of unbranched alkanes of at least 4 members (excludes halogenated alkanes) is 1. The zero-order chi connectivity index (χ0) is 16.7. The summed E-state index contributed by atoms with van der Waals surface area (Å²) in [5, 5.41) is 8.77. The largest absolute Gasteiger partial charge is 0.481 e. The van der Waals surface area contributed by atoms with E-state index in [0.29, 0.717) is 6.10 Å². The third-order valence-corrected chi connectivity index (χ3v) is 4.94. The summed E-state index contributed by atoms with van der Waals surface area (Å²) in [6.07, 6.45) is 4.47. The van der Waals surface area contributed by atoms with E-state index in [9.17, 15) is 4.79 Å². The zero-order valence-corrected chi connectivity index (χ0v) is 15.3. The lowest BCUT2D eigenvalue weighted by atomic mass is 10.1. The van der Waals surface area contributed by atoms with Gasteiger partial charge in [-0.2, -0.15) is 0 Å². The van der Waals surface area contributed by atoms with Crippen molar-refractivity contribution in [3.63, 3.8) is 0 Å². The Hall–Kier alpha value is -0.910. The predicted octanol–water partition coefficient (Wildman–Crippen LogP) is 3.99. The summed E-state index contributed by atoms with van der Waals surface area (Å²) in [5.41, 5.74) is 2.51. The van der Waals surface area contributed by atoms with Gasteiger partial charge in [0.05, 0.1) is 6.10 Å². The molecule has 1 saturated heterocycles. The van der Waals surface area contributed by atoms with E-state index in [-0.39, 0.29) is 6.42 Å². The van der Waals surface area contributed by atoms with Gasteiger partial charge in [-0.1, -0.05) is 28.1 Å². The molecule has 1 heterocycles. The molecule has 1 aromatic rings. The number of carbonyl (C=O) groups is 1. The highest BCUT2D eigenvalue weighted by Gasteiger charge is 2.19. The normalized spacial score (nSPS) is 17.8. The molecule has 1 aliphatic heterocycles. The number of ether oxygens (including phenoxy) is 1. The summed E-state index contributed by atoms with van der Waals surface area (Å²) in [6.45, 7) is 5.66. The highest BCUT2D eigenvalue weighted by atomic mass is 79.9. The van der Waals surface area contributed by atoms with Gasteiger partial charge in [0, 0.05) is 30.6 Å². The van der Waals surface area contributed by atoms with Gasteiger partial charge in [-0.15, -0.1) is 0 Å². The van der Waals surface area contributed by atoms with Gasteiger partial charge < -0.3 is 9.84 Å². The lowest BCUT2D eigenvalue weighted by molar-refractivity contribution is -0.137. The fourth-order valence-electron chi connectivity index (χ4n) is 2.94. The number of hydrogen-bond acceptors (Lipinski definition) is 3. The number of halogens is 1. The van der Waals surface area contributed by atoms with Crippen LogP contribution in [0.4, 0.5) is 0 Å². The highest BCUT2D eigenvalue weighted by molar-refractivity contribution is 9.10. The lowest BCUT2D eigenvalue weighted by Crippen LogP contribution is -2.32. The number of carboxylic acids is 1. The van der Waals surface area contributed by atoms with Gasteiger partial charge in [0.2, 0.25) is 0 Å². The first-order chi connectivity index (χ1) is 11.0. The van der Waals surface area contributed by atoms with Crippen molar-refractivity contribution in [3.05, 3.63) is 33.8 Å². The van der Waals surface area contributed by atoms with E-state index in [2.05, 4.69) is 46.0 Å². The van der Waals surface area contributed by atoms with Gasteiger partial charge in [0.15, 0.2) is 0 Å². The van der Waals surface area contributed by atoms with Gasteiger partial charge >= 0.3 is 5.97 Å². The van der Waals surface area contributed by atoms with Crippen LogP contribution >= 0.6 is 15.9 Å². The molecular formula is C18H26BrNO3. The molecule has 0 saturated carbocycles. The van der Waals surface area contributed by atoms with Crippen LogP contribution in [0.1, 0.15) is 43.2 Å². The fourth-order valence-corrected chi connectivity index (χ4v) is 3.56. The van der Waals surface area contributed by atoms with E-state index in [1.165, 1.54) is 11.1 Å². The number of nitrogens with zero attached hydrogens (tertiary/aromatic N) is 1. The van der Waals surface area contributed by atoms with E-state index in [4.69, 9.17) is 9.84 Å². The topological polar surface area (TPSA) is 49.8 Å². The second-order valence-electron chi connectivity index (χ2n) is 6.32. The molecule has 128 valence electrons. The van der Waals surface area contributed by atoms with Crippen LogP contribution in [0.15, 0.2) is 22.7 Å². The third kappa shape index (κ3) is 6.61. The molecule has 1 aromatic carbocycles. The van der Waals surface area contributed by atoms with E-state index < -0.39 is 5.97 Å². The molecule has 0 radical (unpaired) electrons. The zero-order valence-electron chi connectivity index (χ0n) is 13.8. The van der Waals surface area contributed by atoms with Crippen molar-refractivity contribution in [2.24, 2.45) is 0 Å². The third-order valence-electron chi connectivity index (χ3n) is 4.20. The number of carboxylic acid groups (broad SMARTS) is 1. The van der Waals surface area contributed by atoms with E-state index in [1.54, 1.807) is 0 Å². The van der Waals surface area contributed by atoms with Gasteiger partial charge in [-0.25, -0.2) is 0 Å². The Balaban J connectivity index is 1.92. The number of aliphatic carboxylic acids is 1. The molecule has 2 rings (SSSR count). The average Bonchev–Trinajstić information content (AvgIpc) is 2.99. The van der Waals surface area contributed by atoms with Crippen LogP contribution in [0.2, 0.25) is 0 Å². The summed E-state index contributed by atoms with van der Waals surface area (Å²) in [6, 6.07) is 6.44. The SMILES string of the molecule is Cc1ccc(CN(CCCCC(=O)O)CC2CCCO2)c(Br)c1. The van der Waals surface area contributed by atoms with Gasteiger partial charge in [0.1, 0.15) is 0 Å². The monoisotopic (exact) mass is 383 g/mol. The Bertz CT molecular complexity index is 515. The van der Waals surface area contributed by atoms with Gasteiger partial charge in [0.25, 0.3) is 0 Å². The van der Waals surface area contributed by atoms with E-state index in [0.717, 1.165) is 56.4 Å². The molecule has 1 N–H and O–H groups in total. The van der Waals surface area contributed by atoms with E-state index >= 15 is 0 Å². The number of rotatable bonds is 9. The van der Waals surface area contributed by atoms with Crippen LogP contribution in [0.5, 0.6) is 0 Å². The minimum Gasteiger partial charge on any atom is -0.481 e. The molecule has 0 aromatic heterocycles. The van der Waals surface area contributed by atoms with Crippen molar-refractivity contribution in [2.75, 3.05) is 19.7 Å². The molecule has 1 atom stereocenters. The molecule has 1 aliphatic rings. The number of hydrogen-bond donors (Lipinski definition) is 1. The molecular weight excluding hydrogens is 358 g/mol. The number of aryl methyl sites for hydroxylation is 1.